The Kier molecular flexibility index (Phi) is 3.52. The lowest BCUT2D eigenvalue weighted by molar-refractivity contribution is -0.121. The van der Waals surface area contributed by atoms with E-state index in [0.717, 1.165) is 11.1 Å². The molecule has 1 saturated heterocycles. The van der Waals surface area contributed by atoms with E-state index in [1.165, 1.54) is 0 Å². The molecule has 0 amide bonds. The summed E-state index contributed by atoms with van der Waals surface area (Å²) < 4.78 is 0. The third-order valence-electron chi connectivity index (χ3n) is 3.78. The maximum atomic E-state index is 12.0. The van der Waals surface area contributed by atoms with E-state index in [9.17, 15) is 9.90 Å². The smallest absolute Gasteiger partial charge is 0.136 e. The second-order valence-electron chi connectivity index (χ2n) is 5.19. The summed E-state index contributed by atoms with van der Waals surface area (Å²) in [6.45, 7) is 0. The molecule has 2 aromatic carbocycles. The fourth-order valence-electron chi connectivity index (χ4n) is 2.78. The van der Waals surface area contributed by atoms with Crippen molar-refractivity contribution in [2.45, 2.75) is 24.9 Å². The highest BCUT2D eigenvalue weighted by atomic mass is 16.3. The van der Waals surface area contributed by atoms with Crippen LogP contribution in [0, 0.1) is 0 Å². The summed E-state index contributed by atoms with van der Waals surface area (Å²) in [7, 11) is 0. The number of phenols is 1. The zero-order chi connectivity index (χ0) is 13.9. The second-order valence-corrected chi connectivity index (χ2v) is 5.19. The summed E-state index contributed by atoms with van der Waals surface area (Å²) >= 11 is 0. The zero-order valence-electron chi connectivity index (χ0n) is 11.1. The van der Waals surface area contributed by atoms with Crippen LogP contribution in [0.2, 0.25) is 0 Å². The van der Waals surface area contributed by atoms with E-state index < -0.39 is 0 Å². The Labute approximate surface area is 118 Å². The van der Waals surface area contributed by atoms with Crippen LogP contribution in [-0.2, 0) is 4.79 Å². The molecule has 102 valence electrons. The molecule has 0 spiro atoms. The number of nitrogens with one attached hydrogen (secondary N) is 1. The van der Waals surface area contributed by atoms with Gasteiger partial charge in [0, 0.05) is 30.5 Å². The van der Waals surface area contributed by atoms with Crippen molar-refractivity contribution < 1.29 is 9.90 Å². The average molecular weight is 267 g/mol. The molecule has 1 aliphatic rings. The van der Waals surface area contributed by atoms with Crippen LogP contribution < -0.4 is 5.32 Å². The Balaban J connectivity index is 1.87. The first kappa shape index (κ1) is 12.9. The minimum atomic E-state index is -0.123. The van der Waals surface area contributed by atoms with Gasteiger partial charge < -0.3 is 10.4 Å². The van der Waals surface area contributed by atoms with E-state index in [0.29, 0.717) is 12.8 Å². The largest absolute Gasteiger partial charge is 0.508 e. The van der Waals surface area contributed by atoms with Crippen LogP contribution in [-0.4, -0.2) is 10.9 Å². The van der Waals surface area contributed by atoms with Crippen molar-refractivity contribution in [3.05, 3.63) is 65.7 Å². The lowest BCUT2D eigenvalue weighted by atomic mass is 9.89. The number of para-hydroxylation sites is 1. The van der Waals surface area contributed by atoms with Crippen LogP contribution in [0.1, 0.15) is 36.1 Å². The molecule has 1 heterocycles. The van der Waals surface area contributed by atoms with Crippen molar-refractivity contribution in [3.8, 4) is 5.75 Å². The van der Waals surface area contributed by atoms with Crippen molar-refractivity contribution in [1.82, 2.24) is 5.32 Å². The molecule has 2 N–H and O–H groups in total. The first-order valence-electron chi connectivity index (χ1n) is 6.84. The first-order valence-corrected chi connectivity index (χ1v) is 6.84. The molecule has 0 bridgehead atoms. The maximum absolute atomic E-state index is 12.0. The van der Waals surface area contributed by atoms with Crippen LogP contribution in [0.15, 0.2) is 54.6 Å². The van der Waals surface area contributed by atoms with Crippen molar-refractivity contribution in [2.75, 3.05) is 0 Å². The maximum Gasteiger partial charge on any atom is 0.136 e. The van der Waals surface area contributed by atoms with E-state index in [1.807, 2.05) is 42.5 Å². The van der Waals surface area contributed by atoms with Crippen molar-refractivity contribution in [3.63, 3.8) is 0 Å². The zero-order valence-corrected chi connectivity index (χ0v) is 11.1. The number of carbonyl (C=O) groups excluding carboxylic acids is 1. The highest BCUT2D eigenvalue weighted by Gasteiger charge is 2.29. The van der Waals surface area contributed by atoms with E-state index in [2.05, 4.69) is 5.32 Å². The van der Waals surface area contributed by atoms with Gasteiger partial charge in [-0.15, -0.1) is 0 Å². The summed E-state index contributed by atoms with van der Waals surface area (Å²) in [6.07, 6.45) is 0.939. The number of hydrogen-bond donors (Lipinski definition) is 2. The quantitative estimate of drug-likeness (QED) is 0.879. The van der Waals surface area contributed by atoms with Gasteiger partial charge in [-0.1, -0.05) is 48.5 Å². The molecule has 3 rings (SSSR count). The van der Waals surface area contributed by atoms with E-state index >= 15 is 0 Å². The fourth-order valence-corrected chi connectivity index (χ4v) is 2.78. The van der Waals surface area contributed by atoms with Gasteiger partial charge in [0.1, 0.15) is 11.5 Å². The summed E-state index contributed by atoms with van der Waals surface area (Å²) in [5, 5.41) is 13.4. The van der Waals surface area contributed by atoms with Gasteiger partial charge in [-0.05, 0) is 11.6 Å². The normalized spacial score (nSPS) is 22.7. The molecule has 20 heavy (non-hydrogen) atoms. The summed E-state index contributed by atoms with van der Waals surface area (Å²) in [5.74, 6) is 0.470. The molecular formula is C17H17NO2. The number of aromatic hydroxyl groups is 1. The number of carbonyl (C=O) groups is 1. The third-order valence-corrected chi connectivity index (χ3v) is 3.78. The fraction of sp³-hybridized carbons (Fsp3) is 0.235. The number of piperidine rings is 1. The molecule has 0 aromatic heterocycles. The molecule has 1 aliphatic heterocycles. The minimum absolute atomic E-state index is 0.0158. The van der Waals surface area contributed by atoms with Gasteiger partial charge in [-0.2, -0.15) is 0 Å². The Morgan fingerprint density at radius 3 is 2.30 bits per heavy atom. The van der Waals surface area contributed by atoms with Crippen LogP contribution in [0.3, 0.4) is 0 Å². The van der Waals surface area contributed by atoms with Gasteiger partial charge in [-0.25, -0.2) is 0 Å². The van der Waals surface area contributed by atoms with Gasteiger partial charge >= 0.3 is 0 Å². The second kappa shape index (κ2) is 5.47. The number of Topliss-reactive ketones (excluding diaryl/α,β-unsaturated/α-hetero) is 1. The van der Waals surface area contributed by atoms with Crippen molar-refractivity contribution >= 4 is 5.78 Å². The molecule has 2 unspecified atom stereocenters. The Morgan fingerprint density at radius 2 is 1.55 bits per heavy atom. The van der Waals surface area contributed by atoms with Crippen LogP contribution in [0.5, 0.6) is 5.75 Å². The predicted molar refractivity (Wildman–Crippen MR) is 77.4 cm³/mol. The van der Waals surface area contributed by atoms with E-state index in [1.54, 1.807) is 12.1 Å². The van der Waals surface area contributed by atoms with Gasteiger partial charge in [0.2, 0.25) is 0 Å². The number of rotatable bonds is 2. The Morgan fingerprint density at radius 1 is 0.900 bits per heavy atom. The number of ketones is 1. The molecule has 2 atom stereocenters. The highest BCUT2D eigenvalue weighted by molar-refractivity contribution is 5.81. The van der Waals surface area contributed by atoms with Crippen LogP contribution in [0.4, 0.5) is 0 Å². The molecule has 2 aromatic rings. The first-order chi connectivity index (χ1) is 9.74. The van der Waals surface area contributed by atoms with Gasteiger partial charge in [-0.3, -0.25) is 4.79 Å². The van der Waals surface area contributed by atoms with Crippen molar-refractivity contribution in [2.24, 2.45) is 0 Å². The van der Waals surface area contributed by atoms with Crippen LogP contribution >= 0.6 is 0 Å². The molecule has 3 heteroatoms. The van der Waals surface area contributed by atoms with Crippen molar-refractivity contribution in [1.29, 1.82) is 0 Å². The summed E-state index contributed by atoms with van der Waals surface area (Å²) in [6, 6.07) is 17.1. The Hall–Kier alpha value is -2.13. The summed E-state index contributed by atoms with van der Waals surface area (Å²) in [5.41, 5.74) is 1.91. The van der Waals surface area contributed by atoms with Crippen LogP contribution in [0.25, 0.3) is 0 Å². The van der Waals surface area contributed by atoms with Gasteiger partial charge in [0.15, 0.2) is 0 Å². The highest BCUT2D eigenvalue weighted by Crippen LogP contribution is 2.34. The molecule has 3 nitrogen and oxygen atoms in total. The standard InChI is InChI=1S/C17H17NO2/c19-13-10-15(12-6-2-1-3-7-12)18-16(11-13)14-8-4-5-9-17(14)20/h1-9,15-16,18,20H,10-11H2. The summed E-state index contributed by atoms with van der Waals surface area (Å²) in [4.78, 5) is 12.0. The number of hydrogen-bond acceptors (Lipinski definition) is 3. The lowest BCUT2D eigenvalue weighted by Gasteiger charge is -2.31. The van der Waals surface area contributed by atoms with E-state index in [4.69, 9.17) is 0 Å². The molecular weight excluding hydrogens is 250 g/mol. The van der Waals surface area contributed by atoms with E-state index in [-0.39, 0.29) is 23.6 Å². The molecule has 1 fully saturated rings. The van der Waals surface area contributed by atoms with Gasteiger partial charge in [0.25, 0.3) is 0 Å². The molecule has 0 aliphatic carbocycles. The lowest BCUT2D eigenvalue weighted by Crippen LogP contribution is -2.35. The third kappa shape index (κ3) is 2.58. The minimum Gasteiger partial charge on any atom is -0.508 e. The topological polar surface area (TPSA) is 49.3 Å². The SMILES string of the molecule is O=C1CC(c2ccccc2)NC(c2ccccc2O)C1. The Bertz CT molecular complexity index is 609. The molecule has 0 radical (unpaired) electrons. The predicted octanol–water partition coefficient (Wildman–Crippen LogP) is 3.13. The average Bonchev–Trinajstić information content (AvgIpc) is 2.48. The molecule has 0 saturated carbocycles. The number of benzene rings is 2. The van der Waals surface area contributed by atoms with Gasteiger partial charge in [0.05, 0.1) is 0 Å². The monoisotopic (exact) mass is 267 g/mol. The number of phenolic OH excluding ortho intramolecular Hbond substituents is 1.